The lowest BCUT2D eigenvalue weighted by atomic mass is 9.95. The molecule has 6 rings (SSSR count). The maximum absolute atomic E-state index is 13.7. The third kappa shape index (κ3) is 3.38. The van der Waals surface area contributed by atoms with E-state index in [1.54, 1.807) is 11.3 Å². The highest BCUT2D eigenvalue weighted by Gasteiger charge is 2.36. The molecule has 4 heterocycles. The second kappa shape index (κ2) is 8.26. The number of hydrogen-bond donors (Lipinski definition) is 1. The number of benzene rings is 1. The smallest absolute Gasteiger partial charge is 0.318 e. The van der Waals surface area contributed by atoms with Crippen LogP contribution in [0.25, 0.3) is 5.00 Å². The molecule has 6 heteroatoms. The van der Waals surface area contributed by atoms with Crippen molar-refractivity contribution in [3.05, 3.63) is 98.3 Å². The Morgan fingerprint density at radius 1 is 1.00 bits per heavy atom. The SMILES string of the molecule is O=C(NCc1ccccc1)N1Cc2c(sc3c2CCCC3)-n2cccc2C1c1cccs1. The van der Waals surface area contributed by atoms with Crippen LogP contribution in [0.15, 0.2) is 66.2 Å². The molecule has 1 aromatic carbocycles. The van der Waals surface area contributed by atoms with Gasteiger partial charge < -0.3 is 14.8 Å². The van der Waals surface area contributed by atoms with Crippen LogP contribution in [0.3, 0.4) is 0 Å². The third-order valence-electron chi connectivity index (χ3n) is 6.54. The van der Waals surface area contributed by atoms with Crippen molar-refractivity contribution in [1.29, 1.82) is 0 Å². The largest absolute Gasteiger partial charge is 0.334 e. The zero-order valence-electron chi connectivity index (χ0n) is 17.8. The van der Waals surface area contributed by atoms with Gasteiger partial charge in [-0.25, -0.2) is 4.79 Å². The van der Waals surface area contributed by atoms with E-state index in [1.165, 1.54) is 44.4 Å². The minimum Gasteiger partial charge on any atom is -0.334 e. The Bertz CT molecular complexity index is 1240. The van der Waals surface area contributed by atoms with Gasteiger partial charge in [-0.2, -0.15) is 0 Å². The standard InChI is InChI=1S/C26H25N3OS2/c30-26(27-16-18-8-2-1-3-9-18)29-17-20-19-10-4-5-12-22(19)32-25(20)28-14-6-11-21(28)24(29)23-13-7-15-31-23/h1-3,6-9,11,13-15,24H,4-5,10,12,16-17H2,(H,27,30). The average Bonchev–Trinajstić information content (AvgIpc) is 3.58. The van der Waals surface area contributed by atoms with E-state index < -0.39 is 0 Å². The molecule has 0 bridgehead atoms. The van der Waals surface area contributed by atoms with E-state index in [9.17, 15) is 4.79 Å². The first kappa shape index (κ1) is 19.8. The number of carbonyl (C=O) groups is 1. The van der Waals surface area contributed by atoms with Gasteiger partial charge in [0.15, 0.2) is 0 Å². The summed E-state index contributed by atoms with van der Waals surface area (Å²) in [6.07, 6.45) is 6.97. The van der Waals surface area contributed by atoms with Crippen molar-refractivity contribution in [2.24, 2.45) is 0 Å². The number of thiophene rings is 2. The van der Waals surface area contributed by atoms with Crippen molar-refractivity contribution in [3.8, 4) is 5.00 Å². The summed E-state index contributed by atoms with van der Waals surface area (Å²) in [5.41, 5.74) is 5.11. The lowest BCUT2D eigenvalue weighted by molar-refractivity contribution is 0.181. The second-order valence-electron chi connectivity index (χ2n) is 8.49. The summed E-state index contributed by atoms with van der Waals surface area (Å²) in [7, 11) is 0. The van der Waals surface area contributed by atoms with Crippen LogP contribution in [0.4, 0.5) is 4.79 Å². The van der Waals surface area contributed by atoms with E-state index in [4.69, 9.17) is 0 Å². The summed E-state index contributed by atoms with van der Waals surface area (Å²) < 4.78 is 2.34. The average molecular weight is 460 g/mol. The number of amides is 2. The molecule has 32 heavy (non-hydrogen) atoms. The number of urea groups is 1. The monoisotopic (exact) mass is 459 g/mol. The van der Waals surface area contributed by atoms with Crippen LogP contribution in [0.5, 0.6) is 0 Å². The number of nitrogens with zero attached hydrogens (tertiary/aromatic N) is 2. The topological polar surface area (TPSA) is 37.3 Å². The van der Waals surface area contributed by atoms with Gasteiger partial charge in [0.2, 0.25) is 0 Å². The molecule has 1 unspecified atom stereocenters. The predicted octanol–water partition coefficient (Wildman–Crippen LogP) is 6.29. The molecule has 0 fully saturated rings. The number of aryl methyl sites for hydroxylation is 1. The summed E-state index contributed by atoms with van der Waals surface area (Å²) in [4.78, 5) is 18.4. The van der Waals surface area contributed by atoms with Crippen LogP contribution in [-0.4, -0.2) is 15.5 Å². The van der Waals surface area contributed by atoms with E-state index in [0.717, 1.165) is 18.4 Å². The van der Waals surface area contributed by atoms with Crippen LogP contribution in [0.1, 0.15) is 51.0 Å². The van der Waals surface area contributed by atoms with E-state index in [-0.39, 0.29) is 12.1 Å². The van der Waals surface area contributed by atoms with Gasteiger partial charge >= 0.3 is 6.03 Å². The van der Waals surface area contributed by atoms with Gasteiger partial charge in [0.1, 0.15) is 11.0 Å². The summed E-state index contributed by atoms with van der Waals surface area (Å²) in [6, 6.07) is 18.5. The Morgan fingerprint density at radius 3 is 2.72 bits per heavy atom. The normalized spacial score (nSPS) is 17.2. The lowest BCUT2D eigenvalue weighted by Gasteiger charge is -2.30. The summed E-state index contributed by atoms with van der Waals surface area (Å²) in [5, 5.41) is 6.61. The molecule has 162 valence electrons. The highest BCUT2D eigenvalue weighted by Crippen LogP contribution is 2.44. The molecule has 0 spiro atoms. The molecule has 1 aliphatic heterocycles. The van der Waals surface area contributed by atoms with Gasteiger partial charge in [-0.05, 0) is 60.4 Å². The molecule has 3 aromatic heterocycles. The summed E-state index contributed by atoms with van der Waals surface area (Å²) >= 11 is 3.65. The Balaban J connectivity index is 1.43. The van der Waals surface area contributed by atoms with Crippen molar-refractivity contribution in [2.45, 2.75) is 44.8 Å². The molecule has 4 aromatic rings. The molecule has 0 saturated carbocycles. The van der Waals surface area contributed by atoms with E-state index >= 15 is 0 Å². The van der Waals surface area contributed by atoms with Gasteiger partial charge in [-0.15, -0.1) is 22.7 Å². The Morgan fingerprint density at radius 2 is 1.88 bits per heavy atom. The quantitative estimate of drug-likeness (QED) is 0.384. The van der Waals surface area contributed by atoms with Crippen molar-refractivity contribution in [3.63, 3.8) is 0 Å². The Kier molecular flexibility index (Phi) is 5.12. The zero-order valence-corrected chi connectivity index (χ0v) is 19.4. The van der Waals surface area contributed by atoms with Crippen LogP contribution < -0.4 is 5.32 Å². The molecule has 0 radical (unpaired) electrons. The minimum atomic E-state index is -0.0976. The van der Waals surface area contributed by atoms with Crippen molar-refractivity contribution in [2.75, 3.05) is 0 Å². The lowest BCUT2D eigenvalue weighted by Crippen LogP contribution is -2.41. The van der Waals surface area contributed by atoms with E-state index in [2.05, 4.69) is 57.9 Å². The molecule has 1 atom stereocenters. The molecule has 1 N–H and O–H groups in total. The number of nitrogens with one attached hydrogen (secondary N) is 1. The number of aromatic nitrogens is 1. The molecule has 2 aliphatic rings. The molecular formula is C26H25N3OS2. The minimum absolute atomic E-state index is 0.0105. The molecule has 0 saturated heterocycles. The number of rotatable bonds is 3. The molecule has 1 aliphatic carbocycles. The molecular weight excluding hydrogens is 434 g/mol. The first-order valence-corrected chi connectivity index (χ1v) is 12.9. The summed E-state index contributed by atoms with van der Waals surface area (Å²) in [6.45, 7) is 1.18. The first-order chi connectivity index (χ1) is 15.8. The van der Waals surface area contributed by atoms with Crippen molar-refractivity contribution < 1.29 is 4.79 Å². The zero-order chi connectivity index (χ0) is 21.5. The molecule has 4 nitrogen and oxygen atoms in total. The van der Waals surface area contributed by atoms with Crippen LogP contribution in [0.2, 0.25) is 0 Å². The Labute approximate surface area is 196 Å². The van der Waals surface area contributed by atoms with Gasteiger partial charge in [-0.1, -0.05) is 36.4 Å². The third-order valence-corrected chi connectivity index (χ3v) is 8.80. The fourth-order valence-electron chi connectivity index (χ4n) is 5.01. The summed E-state index contributed by atoms with van der Waals surface area (Å²) in [5.74, 6) is 0. The number of carbonyl (C=O) groups excluding carboxylic acids is 1. The fraction of sp³-hybridized carbons (Fsp3) is 0.269. The van der Waals surface area contributed by atoms with Gasteiger partial charge in [0.05, 0.1) is 12.2 Å². The number of hydrogen-bond acceptors (Lipinski definition) is 3. The number of fused-ring (bicyclic) bond motifs is 5. The van der Waals surface area contributed by atoms with Gasteiger partial charge in [-0.3, -0.25) is 0 Å². The maximum atomic E-state index is 13.7. The fourth-order valence-corrected chi connectivity index (χ4v) is 7.26. The maximum Gasteiger partial charge on any atom is 0.318 e. The van der Waals surface area contributed by atoms with Crippen molar-refractivity contribution in [1.82, 2.24) is 14.8 Å². The van der Waals surface area contributed by atoms with Gasteiger partial charge in [0, 0.05) is 28.1 Å². The predicted molar refractivity (Wildman–Crippen MR) is 131 cm³/mol. The van der Waals surface area contributed by atoms with E-state index in [0.29, 0.717) is 13.1 Å². The van der Waals surface area contributed by atoms with Gasteiger partial charge in [0.25, 0.3) is 0 Å². The van der Waals surface area contributed by atoms with Crippen LogP contribution in [0, 0.1) is 0 Å². The van der Waals surface area contributed by atoms with Crippen LogP contribution in [-0.2, 0) is 25.9 Å². The Hall–Kier alpha value is -2.83. The van der Waals surface area contributed by atoms with Crippen LogP contribution >= 0.6 is 22.7 Å². The van der Waals surface area contributed by atoms with E-state index in [1.807, 2.05) is 34.4 Å². The highest BCUT2D eigenvalue weighted by atomic mass is 32.1. The van der Waals surface area contributed by atoms with Crippen molar-refractivity contribution >= 4 is 28.7 Å². The molecule has 2 amide bonds. The second-order valence-corrected chi connectivity index (χ2v) is 10.6. The first-order valence-electron chi connectivity index (χ1n) is 11.2. The highest BCUT2D eigenvalue weighted by molar-refractivity contribution is 7.15.